The fraction of sp³-hybridized carbons (Fsp3) is 0.176. The molecule has 5 nitrogen and oxygen atoms in total. The van der Waals surface area contributed by atoms with Crippen molar-refractivity contribution in [2.24, 2.45) is 0 Å². The van der Waals surface area contributed by atoms with Gasteiger partial charge in [-0.15, -0.1) is 0 Å². The van der Waals surface area contributed by atoms with Gasteiger partial charge in [-0.1, -0.05) is 24.6 Å². The summed E-state index contributed by atoms with van der Waals surface area (Å²) in [6.45, 7) is 1.73. The third-order valence-corrected chi connectivity index (χ3v) is 3.66. The van der Waals surface area contributed by atoms with Crippen LogP contribution >= 0.6 is 11.6 Å². The van der Waals surface area contributed by atoms with Crippen LogP contribution in [-0.4, -0.2) is 11.2 Å². The third kappa shape index (κ3) is 3.94. The van der Waals surface area contributed by atoms with Gasteiger partial charge in [0, 0.05) is 5.56 Å². The minimum absolute atomic E-state index is 0.0609. The summed E-state index contributed by atoms with van der Waals surface area (Å²) in [6, 6.07) is 10.2. The second-order valence-corrected chi connectivity index (χ2v) is 5.34. The number of carboxylic acid groups (broad SMARTS) is 1. The van der Waals surface area contributed by atoms with Gasteiger partial charge in [0.25, 0.3) is 0 Å². The normalized spacial score (nSPS) is 11.4. The molecule has 0 bridgehead atoms. The van der Waals surface area contributed by atoms with Crippen LogP contribution in [0.4, 0.5) is 9.18 Å². The summed E-state index contributed by atoms with van der Waals surface area (Å²) in [7, 11) is 0. The van der Waals surface area contributed by atoms with E-state index in [9.17, 15) is 9.18 Å². The van der Waals surface area contributed by atoms with Gasteiger partial charge < -0.3 is 15.2 Å². The van der Waals surface area contributed by atoms with Crippen molar-refractivity contribution in [3.8, 4) is 17.6 Å². The smallest absolute Gasteiger partial charge is 0.405 e. The molecule has 2 rings (SSSR count). The predicted molar refractivity (Wildman–Crippen MR) is 86.8 cm³/mol. The van der Waals surface area contributed by atoms with Crippen molar-refractivity contribution in [3.05, 3.63) is 58.4 Å². The van der Waals surface area contributed by atoms with Gasteiger partial charge in [-0.3, -0.25) is 0 Å². The maximum Gasteiger partial charge on any atom is 0.405 e. The molecule has 1 atom stereocenters. The summed E-state index contributed by atoms with van der Waals surface area (Å²) < 4.78 is 20.2. The molecule has 0 unspecified atom stereocenters. The largest absolute Gasteiger partial charge is 0.465 e. The van der Waals surface area contributed by atoms with Crippen LogP contribution in [0, 0.1) is 17.1 Å². The molecule has 0 aliphatic rings. The van der Waals surface area contributed by atoms with E-state index in [1.807, 2.05) is 6.07 Å². The van der Waals surface area contributed by atoms with Gasteiger partial charge in [0.05, 0.1) is 22.7 Å². The van der Waals surface area contributed by atoms with Crippen molar-refractivity contribution in [1.82, 2.24) is 5.32 Å². The lowest BCUT2D eigenvalue weighted by Gasteiger charge is -2.18. The van der Waals surface area contributed by atoms with Gasteiger partial charge in [0.1, 0.15) is 5.75 Å². The van der Waals surface area contributed by atoms with Gasteiger partial charge in [-0.05, 0) is 36.8 Å². The number of halogens is 2. The molecule has 0 heterocycles. The SMILES string of the molecule is CC[C@@H](NC(=O)O)c1ccc(Cl)c(Oc2ccc(C#N)cc2)c1F. The maximum absolute atomic E-state index is 14.8. The van der Waals surface area contributed by atoms with Crippen molar-refractivity contribution in [1.29, 1.82) is 5.26 Å². The number of hydrogen-bond donors (Lipinski definition) is 2. The van der Waals surface area contributed by atoms with E-state index >= 15 is 0 Å². The topological polar surface area (TPSA) is 82.3 Å². The van der Waals surface area contributed by atoms with Crippen molar-refractivity contribution in [2.45, 2.75) is 19.4 Å². The zero-order chi connectivity index (χ0) is 17.7. The number of carbonyl (C=O) groups is 1. The van der Waals surface area contributed by atoms with Crippen molar-refractivity contribution < 1.29 is 19.0 Å². The first kappa shape index (κ1) is 17.6. The molecule has 0 spiro atoms. The van der Waals surface area contributed by atoms with Crippen molar-refractivity contribution in [2.75, 3.05) is 0 Å². The minimum Gasteiger partial charge on any atom is -0.465 e. The van der Waals surface area contributed by atoms with Crippen LogP contribution in [0.3, 0.4) is 0 Å². The zero-order valence-corrected chi connectivity index (χ0v) is 13.5. The molecule has 1 amide bonds. The lowest BCUT2D eigenvalue weighted by molar-refractivity contribution is 0.189. The Morgan fingerprint density at radius 1 is 1.38 bits per heavy atom. The van der Waals surface area contributed by atoms with E-state index < -0.39 is 18.0 Å². The first-order chi connectivity index (χ1) is 11.5. The molecule has 2 aromatic carbocycles. The van der Waals surface area contributed by atoms with Gasteiger partial charge >= 0.3 is 6.09 Å². The van der Waals surface area contributed by atoms with Crippen molar-refractivity contribution in [3.63, 3.8) is 0 Å². The highest BCUT2D eigenvalue weighted by Gasteiger charge is 2.21. The van der Waals surface area contributed by atoms with Crippen molar-refractivity contribution >= 4 is 17.7 Å². The average molecular weight is 349 g/mol. The lowest BCUT2D eigenvalue weighted by Crippen LogP contribution is -2.27. The number of benzene rings is 2. The molecule has 0 saturated heterocycles. The van der Waals surface area contributed by atoms with Crippen LogP contribution in [-0.2, 0) is 0 Å². The summed E-state index contributed by atoms with van der Waals surface area (Å²) in [5, 5.41) is 19.9. The standard InChI is InChI=1S/C17H14ClFN2O3/c1-2-14(21-17(22)23)12-7-8-13(18)16(15(12)19)24-11-5-3-10(9-20)4-6-11/h3-8,14,21H,2H2,1H3,(H,22,23)/t14-/m1/s1. The fourth-order valence-corrected chi connectivity index (χ4v) is 2.36. The second kappa shape index (κ2) is 7.66. The Hall–Kier alpha value is -2.78. The summed E-state index contributed by atoms with van der Waals surface area (Å²) in [6.07, 6.45) is -0.882. The van der Waals surface area contributed by atoms with E-state index in [1.165, 1.54) is 36.4 Å². The molecule has 2 aromatic rings. The highest BCUT2D eigenvalue weighted by Crippen LogP contribution is 2.36. The molecular formula is C17H14ClFN2O3. The molecule has 124 valence electrons. The van der Waals surface area contributed by atoms with Crippen LogP contribution < -0.4 is 10.1 Å². The minimum atomic E-state index is -1.24. The highest BCUT2D eigenvalue weighted by molar-refractivity contribution is 6.32. The predicted octanol–water partition coefficient (Wildman–Crippen LogP) is 4.86. The first-order valence-electron chi connectivity index (χ1n) is 7.11. The quantitative estimate of drug-likeness (QED) is 0.808. The number of nitriles is 1. The number of nitrogens with one attached hydrogen (secondary N) is 1. The Labute approximate surface area is 143 Å². The third-order valence-electron chi connectivity index (χ3n) is 3.36. The molecule has 7 heteroatoms. The molecule has 0 aliphatic carbocycles. The summed E-state index contributed by atoms with van der Waals surface area (Å²) in [5.41, 5.74) is 0.590. The number of amides is 1. The Balaban J connectivity index is 2.37. The van der Waals surface area contributed by atoms with Crippen LogP contribution in [0.15, 0.2) is 36.4 Å². The van der Waals surface area contributed by atoms with Crippen LogP contribution in [0.5, 0.6) is 11.5 Å². The molecule has 0 saturated carbocycles. The molecular weight excluding hydrogens is 335 g/mol. The van der Waals surface area contributed by atoms with Gasteiger partial charge in [0.15, 0.2) is 11.6 Å². The van der Waals surface area contributed by atoms with Gasteiger partial charge in [0.2, 0.25) is 0 Å². The second-order valence-electron chi connectivity index (χ2n) is 4.93. The molecule has 0 aromatic heterocycles. The summed E-state index contributed by atoms with van der Waals surface area (Å²) in [4.78, 5) is 10.8. The number of hydrogen-bond acceptors (Lipinski definition) is 3. The van der Waals surface area contributed by atoms with E-state index in [1.54, 1.807) is 6.92 Å². The van der Waals surface area contributed by atoms with Crippen LogP contribution in [0.2, 0.25) is 5.02 Å². The maximum atomic E-state index is 14.8. The number of nitrogens with zero attached hydrogens (tertiary/aromatic N) is 1. The van der Waals surface area contributed by atoms with Crippen LogP contribution in [0.25, 0.3) is 0 Å². The zero-order valence-electron chi connectivity index (χ0n) is 12.7. The Morgan fingerprint density at radius 2 is 2.04 bits per heavy atom. The highest BCUT2D eigenvalue weighted by atomic mass is 35.5. The monoisotopic (exact) mass is 348 g/mol. The van der Waals surface area contributed by atoms with E-state index in [4.69, 9.17) is 26.7 Å². The lowest BCUT2D eigenvalue weighted by atomic mass is 10.0. The Kier molecular flexibility index (Phi) is 5.61. The molecule has 2 N–H and O–H groups in total. The molecule has 0 fully saturated rings. The molecule has 0 radical (unpaired) electrons. The van der Waals surface area contributed by atoms with E-state index in [-0.39, 0.29) is 16.3 Å². The summed E-state index contributed by atoms with van der Waals surface area (Å²) in [5.74, 6) is -0.608. The fourth-order valence-electron chi connectivity index (χ4n) is 2.17. The number of ether oxygens (including phenoxy) is 1. The number of rotatable bonds is 5. The van der Waals surface area contributed by atoms with Gasteiger partial charge in [-0.25, -0.2) is 9.18 Å². The average Bonchev–Trinajstić information content (AvgIpc) is 2.57. The Bertz CT molecular complexity index is 788. The first-order valence-corrected chi connectivity index (χ1v) is 7.49. The van der Waals surface area contributed by atoms with E-state index in [0.29, 0.717) is 17.7 Å². The molecule has 0 aliphatic heterocycles. The van der Waals surface area contributed by atoms with E-state index in [0.717, 1.165) is 0 Å². The van der Waals surface area contributed by atoms with Gasteiger partial charge in [-0.2, -0.15) is 5.26 Å². The van der Waals surface area contributed by atoms with E-state index in [2.05, 4.69) is 5.32 Å². The van der Waals surface area contributed by atoms with Crippen LogP contribution in [0.1, 0.15) is 30.5 Å². The Morgan fingerprint density at radius 3 is 2.58 bits per heavy atom. The molecule has 24 heavy (non-hydrogen) atoms. The summed E-state index contributed by atoms with van der Waals surface area (Å²) >= 11 is 6.01.